The smallest absolute Gasteiger partial charge is 0.242 e. The summed E-state index contributed by atoms with van der Waals surface area (Å²) in [5.74, 6) is -0.182. The maximum atomic E-state index is 11.8. The number of hydrogen-bond acceptors (Lipinski definition) is 3. The van der Waals surface area contributed by atoms with Crippen LogP contribution >= 0.6 is 0 Å². The van der Waals surface area contributed by atoms with Crippen LogP contribution in [0.15, 0.2) is 0 Å². The molecule has 16 heavy (non-hydrogen) atoms. The summed E-state index contributed by atoms with van der Waals surface area (Å²) < 4.78 is 0. The summed E-state index contributed by atoms with van der Waals surface area (Å²) in [6, 6.07) is 1.47. The zero-order chi connectivity index (χ0) is 12.3. The molecule has 0 aliphatic heterocycles. The third-order valence-electron chi connectivity index (χ3n) is 3.03. The first-order chi connectivity index (χ1) is 7.45. The SMILES string of the molecule is CNC(=O)C(C)NC(=O)C1(C#N)CC(C)C1. The van der Waals surface area contributed by atoms with E-state index < -0.39 is 11.5 Å². The number of carbonyl (C=O) groups excluding carboxylic acids is 2. The Hall–Kier alpha value is -1.57. The third-order valence-corrected chi connectivity index (χ3v) is 3.03. The summed E-state index contributed by atoms with van der Waals surface area (Å²) in [6.07, 6.45) is 1.16. The van der Waals surface area contributed by atoms with Crippen LogP contribution in [0, 0.1) is 22.7 Å². The molecule has 0 bridgehead atoms. The summed E-state index contributed by atoms with van der Waals surface area (Å²) in [7, 11) is 1.51. The fourth-order valence-electron chi connectivity index (χ4n) is 2.07. The van der Waals surface area contributed by atoms with E-state index in [0.717, 1.165) is 0 Å². The van der Waals surface area contributed by atoms with Gasteiger partial charge in [0.25, 0.3) is 0 Å². The second kappa shape index (κ2) is 4.52. The first-order valence-corrected chi connectivity index (χ1v) is 5.39. The number of amides is 2. The molecule has 0 aromatic rings. The van der Waals surface area contributed by atoms with E-state index >= 15 is 0 Å². The molecule has 0 aromatic heterocycles. The summed E-state index contributed by atoms with van der Waals surface area (Å²) >= 11 is 0. The van der Waals surface area contributed by atoms with Gasteiger partial charge in [-0.3, -0.25) is 9.59 Å². The molecule has 0 aromatic carbocycles. The van der Waals surface area contributed by atoms with Crippen molar-refractivity contribution in [2.45, 2.75) is 32.7 Å². The summed E-state index contributed by atoms with van der Waals surface area (Å²) in [5.41, 5.74) is -0.915. The Morgan fingerprint density at radius 1 is 1.50 bits per heavy atom. The lowest BCUT2D eigenvalue weighted by molar-refractivity contribution is -0.137. The first kappa shape index (κ1) is 12.5. The van der Waals surface area contributed by atoms with Gasteiger partial charge in [-0.05, 0) is 25.7 Å². The maximum absolute atomic E-state index is 11.8. The average Bonchev–Trinajstić information content (AvgIpc) is 2.22. The lowest BCUT2D eigenvalue weighted by Gasteiger charge is -2.39. The van der Waals surface area contributed by atoms with E-state index in [4.69, 9.17) is 5.26 Å². The number of nitrogens with one attached hydrogen (secondary N) is 2. The van der Waals surface area contributed by atoms with Gasteiger partial charge in [-0.1, -0.05) is 6.92 Å². The van der Waals surface area contributed by atoms with E-state index in [-0.39, 0.29) is 11.8 Å². The highest BCUT2D eigenvalue weighted by molar-refractivity contribution is 5.91. The van der Waals surface area contributed by atoms with Crippen LogP contribution in [0.1, 0.15) is 26.7 Å². The quantitative estimate of drug-likeness (QED) is 0.716. The summed E-state index contributed by atoms with van der Waals surface area (Å²) in [4.78, 5) is 23.1. The van der Waals surface area contributed by atoms with Crippen molar-refractivity contribution < 1.29 is 9.59 Å². The molecule has 88 valence electrons. The van der Waals surface area contributed by atoms with Gasteiger partial charge in [-0.2, -0.15) is 5.26 Å². The molecule has 0 spiro atoms. The van der Waals surface area contributed by atoms with Crippen LogP contribution in [-0.4, -0.2) is 24.9 Å². The van der Waals surface area contributed by atoms with Crippen molar-refractivity contribution in [1.82, 2.24) is 10.6 Å². The molecule has 0 heterocycles. The fraction of sp³-hybridized carbons (Fsp3) is 0.727. The Morgan fingerprint density at radius 3 is 2.44 bits per heavy atom. The largest absolute Gasteiger partial charge is 0.357 e. The average molecular weight is 223 g/mol. The summed E-state index contributed by atoms with van der Waals surface area (Å²) in [5, 5.41) is 14.0. The molecule has 1 saturated carbocycles. The van der Waals surface area contributed by atoms with Crippen molar-refractivity contribution in [3.63, 3.8) is 0 Å². The van der Waals surface area contributed by atoms with E-state index in [9.17, 15) is 9.59 Å². The van der Waals surface area contributed by atoms with E-state index in [1.54, 1.807) is 6.92 Å². The van der Waals surface area contributed by atoms with Gasteiger partial charge in [0.05, 0.1) is 6.07 Å². The monoisotopic (exact) mass is 223 g/mol. The standard InChI is InChI=1S/C11H17N3O2/c1-7-4-11(5-7,6-12)10(16)14-8(2)9(15)13-3/h7-8H,4-5H2,1-3H3,(H,13,15)(H,14,16). The van der Waals surface area contributed by atoms with Crippen molar-refractivity contribution >= 4 is 11.8 Å². The van der Waals surface area contributed by atoms with Gasteiger partial charge in [0.15, 0.2) is 0 Å². The normalized spacial score (nSPS) is 29.5. The van der Waals surface area contributed by atoms with Crippen molar-refractivity contribution in [2.75, 3.05) is 7.05 Å². The number of hydrogen-bond donors (Lipinski definition) is 2. The molecule has 0 saturated heterocycles. The lowest BCUT2D eigenvalue weighted by atomic mass is 9.63. The maximum Gasteiger partial charge on any atom is 0.242 e. The molecule has 5 heteroatoms. The molecule has 1 unspecified atom stereocenters. The number of carbonyl (C=O) groups is 2. The predicted molar refractivity (Wildman–Crippen MR) is 58.1 cm³/mol. The van der Waals surface area contributed by atoms with Crippen molar-refractivity contribution in [3.8, 4) is 6.07 Å². The zero-order valence-electron chi connectivity index (χ0n) is 9.83. The Morgan fingerprint density at radius 2 is 2.06 bits per heavy atom. The van der Waals surface area contributed by atoms with Gasteiger partial charge in [0.2, 0.25) is 11.8 Å². The molecule has 1 atom stereocenters. The van der Waals surface area contributed by atoms with Crippen LogP contribution in [0.25, 0.3) is 0 Å². The second-order valence-corrected chi connectivity index (χ2v) is 4.52. The van der Waals surface area contributed by atoms with Crippen molar-refractivity contribution in [1.29, 1.82) is 5.26 Å². The lowest BCUT2D eigenvalue weighted by Crippen LogP contribution is -2.53. The van der Waals surface area contributed by atoms with Gasteiger partial charge < -0.3 is 10.6 Å². The van der Waals surface area contributed by atoms with Crippen LogP contribution in [-0.2, 0) is 9.59 Å². The zero-order valence-corrected chi connectivity index (χ0v) is 9.83. The molecule has 5 nitrogen and oxygen atoms in total. The molecule has 0 radical (unpaired) electrons. The van der Waals surface area contributed by atoms with E-state index in [1.165, 1.54) is 7.05 Å². The number of likely N-dealkylation sites (N-methyl/N-ethyl adjacent to an activating group) is 1. The Labute approximate surface area is 95.2 Å². The molecular weight excluding hydrogens is 206 g/mol. The molecular formula is C11H17N3O2. The van der Waals surface area contributed by atoms with Crippen LogP contribution in [0.4, 0.5) is 0 Å². The first-order valence-electron chi connectivity index (χ1n) is 5.39. The van der Waals surface area contributed by atoms with Crippen LogP contribution < -0.4 is 10.6 Å². The number of nitriles is 1. The molecule has 1 fully saturated rings. The van der Waals surface area contributed by atoms with Gasteiger partial charge in [0, 0.05) is 7.05 Å². The van der Waals surface area contributed by atoms with Gasteiger partial charge in [-0.25, -0.2) is 0 Å². The van der Waals surface area contributed by atoms with Gasteiger partial charge >= 0.3 is 0 Å². The second-order valence-electron chi connectivity index (χ2n) is 4.52. The molecule has 1 aliphatic carbocycles. The number of nitrogens with zero attached hydrogens (tertiary/aromatic N) is 1. The minimum absolute atomic E-state index is 0.256. The highest BCUT2D eigenvalue weighted by atomic mass is 16.2. The Balaban J connectivity index is 2.59. The van der Waals surface area contributed by atoms with Gasteiger partial charge in [0.1, 0.15) is 11.5 Å². The van der Waals surface area contributed by atoms with Crippen molar-refractivity contribution in [3.05, 3.63) is 0 Å². The molecule has 2 amide bonds. The predicted octanol–water partition coefficient (Wildman–Crippen LogP) is 0.177. The van der Waals surface area contributed by atoms with Crippen LogP contribution in [0.3, 0.4) is 0 Å². The highest BCUT2D eigenvalue weighted by Crippen LogP contribution is 2.45. The minimum Gasteiger partial charge on any atom is -0.357 e. The van der Waals surface area contributed by atoms with E-state index in [1.807, 2.05) is 6.92 Å². The van der Waals surface area contributed by atoms with Gasteiger partial charge in [-0.15, -0.1) is 0 Å². The van der Waals surface area contributed by atoms with E-state index in [2.05, 4.69) is 16.7 Å². The molecule has 1 aliphatic rings. The minimum atomic E-state index is -0.915. The highest BCUT2D eigenvalue weighted by Gasteiger charge is 2.49. The third kappa shape index (κ3) is 2.16. The topological polar surface area (TPSA) is 82.0 Å². The van der Waals surface area contributed by atoms with Crippen molar-refractivity contribution in [2.24, 2.45) is 11.3 Å². The molecule has 2 N–H and O–H groups in total. The van der Waals surface area contributed by atoms with Crippen LogP contribution in [0.2, 0.25) is 0 Å². The summed E-state index contributed by atoms with van der Waals surface area (Å²) in [6.45, 7) is 3.61. The molecule has 1 rings (SSSR count). The van der Waals surface area contributed by atoms with E-state index in [0.29, 0.717) is 18.8 Å². The van der Waals surface area contributed by atoms with Crippen LogP contribution in [0.5, 0.6) is 0 Å². The Bertz CT molecular complexity index is 340. The number of rotatable bonds is 3. The Kier molecular flexibility index (Phi) is 3.53. The fourth-order valence-corrected chi connectivity index (χ4v) is 2.07.